The van der Waals surface area contributed by atoms with E-state index in [0.717, 1.165) is 14.7 Å². The van der Waals surface area contributed by atoms with E-state index in [1.54, 1.807) is 30.3 Å². The first-order chi connectivity index (χ1) is 14.2. The summed E-state index contributed by atoms with van der Waals surface area (Å²) in [6.07, 6.45) is 0.888. The highest BCUT2D eigenvalue weighted by Crippen LogP contribution is 2.31. The number of hydrogen-bond acceptors (Lipinski definition) is 6. The topological polar surface area (TPSA) is 96.7 Å². The van der Waals surface area contributed by atoms with E-state index in [4.69, 9.17) is 4.42 Å². The van der Waals surface area contributed by atoms with Gasteiger partial charge in [0.2, 0.25) is 5.91 Å². The number of nitrogens with zero attached hydrogens (tertiary/aromatic N) is 1. The van der Waals surface area contributed by atoms with Crippen LogP contribution in [-0.2, 0) is 14.8 Å². The zero-order valence-corrected chi connectivity index (χ0v) is 19.3. The van der Waals surface area contributed by atoms with Crippen molar-refractivity contribution in [1.29, 1.82) is 0 Å². The standard InChI is InChI=1S/C20H19BrN2O5S2/c1-12-10-18(24)28-16-11-14(2-3-15(12)16)22-20(25)13-6-8-23(9-7-13)30(26,27)19-5-4-17(21)29-19/h2-5,10-11,13H,6-9H2,1H3,(H,22,25). The Kier molecular flexibility index (Phi) is 5.84. The Bertz CT molecular complexity index is 1270. The molecule has 158 valence electrons. The molecular formula is C20H19BrN2O5S2. The van der Waals surface area contributed by atoms with Crippen molar-refractivity contribution in [1.82, 2.24) is 4.31 Å². The van der Waals surface area contributed by atoms with E-state index in [1.807, 2.05) is 6.92 Å². The van der Waals surface area contributed by atoms with E-state index < -0.39 is 15.6 Å². The number of piperidine rings is 1. The Balaban J connectivity index is 1.42. The fraction of sp³-hybridized carbons (Fsp3) is 0.300. The number of thiophene rings is 1. The molecule has 4 rings (SSSR count). The Labute approximate surface area is 185 Å². The lowest BCUT2D eigenvalue weighted by atomic mass is 9.97. The molecule has 0 bridgehead atoms. The molecule has 1 saturated heterocycles. The summed E-state index contributed by atoms with van der Waals surface area (Å²) >= 11 is 4.47. The first-order valence-electron chi connectivity index (χ1n) is 9.35. The molecule has 1 N–H and O–H groups in total. The molecule has 1 fully saturated rings. The van der Waals surface area contributed by atoms with Gasteiger partial charge in [-0.1, -0.05) is 0 Å². The van der Waals surface area contributed by atoms with E-state index >= 15 is 0 Å². The van der Waals surface area contributed by atoms with Crippen LogP contribution in [0.15, 0.2) is 53.6 Å². The van der Waals surface area contributed by atoms with Gasteiger partial charge in [0.25, 0.3) is 10.0 Å². The summed E-state index contributed by atoms with van der Waals surface area (Å²) in [5.41, 5.74) is 1.33. The van der Waals surface area contributed by atoms with Gasteiger partial charge >= 0.3 is 5.63 Å². The number of rotatable bonds is 4. The minimum absolute atomic E-state index is 0.166. The largest absolute Gasteiger partial charge is 0.423 e. The van der Waals surface area contributed by atoms with E-state index in [9.17, 15) is 18.0 Å². The molecule has 1 amide bonds. The summed E-state index contributed by atoms with van der Waals surface area (Å²) in [6.45, 7) is 2.41. The van der Waals surface area contributed by atoms with Crippen molar-refractivity contribution in [2.45, 2.75) is 24.0 Å². The smallest absolute Gasteiger partial charge is 0.336 e. The molecule has 1 aromatic carbocycles. The van der Waals surface area contributed by atoms with Crippen molar-refractivity contribution in [3.8, 4) is 0 Å². The van der Waals surface area contributed by atoms with Crippen LogP contribution in [0.25, 0.3) is 11.0 Å². The lowest BCUT2D eigenvalue weighted by Crippen LogP contribution is -2.41. The zero-order valence-electron chi connectivity index (χ0n) is 16.1. The fourth-order valence-electron chi connectivity index (χ4n) is 3.57. The number of carbonyl (C=O) groups excluding carboxylic acids is 1. The van der Waals surface area contributed by atoms with Crippen LogP contribution in [0.5, 0.6) is 0 Å². The number of fused-ring (bicyclic) bond motifs is 1. The third-order valence-corrected chi connectivity index (χ3v) is 9.18. The van der Waals surface area contributed by atoms with Crippen molar-refractivity contribution in [2.24, 2.45) is 5.92 Å². The Morgan fingerprint density at radius 1 is 1.20 bits per heavy atom. The van der Waals surface area contributed by atoms with Crippen molar-refractivity contribution in [3.63, 3.8) is 0 Å². The molecule has 0 saturated carbocycles. The number of sulfonamides is 1. The number of anilines is 1. The minimum Gasteiger partial charge on any atom is -0.423 e. The molecule has 3 aromatic rings. The summed E-state index contributed by atoms with van der Waals surface area (Å²) in [4.78, 5) is 24.3. The number of amides is 1. The van der Waals surface area contributed by atoms with Crippen LogP contribution in [0.1, 0.15) is 18.4 Å². The van der Waals surface area contributed by atoms with Gasteiger partial charge in [-0.15, -0.1) is 11.3 Å². The predicted octanol–water partition coefficient (Wildman–Crippen LogP) is 3.96. The zero-order chi connectivity index (χ0) is 21.5. The second kappa shape index (κ2) is 8.26. The van der Waals surface area contributed by atoms with Crippen LogP contribution < -0.4 is 10.9 Å². The molecular weight excluding hydrogens is 492 g/mol. The van der Waals surface area contributed by atoms with Crippen LogP contribution >= 0.6 is 27.3 Å². The third-order valence-electron chi connectivity index (χ3n) is 5.19. The lowest BCUT2D eigenvalue weighted by Gasteiger charge is -2.30. The Hall–Kier alpha value is -2.01. The molecule has 0 atom stereocenters. The van der Waals surface area contributed by atoms with Crippen LogP contribution in [0.2, 0.25) is 0 Å². The van der Waals surface area contributed by atoms with Crippen molar-refractivity contribution < 1.29 is 17.6 Å². The van der Waals surface area contributed by atoms with E-state index in [0.29, 0.717) is 41.4 Å². The summed E-state index contributed by atoms with van der Waals surface area (Å²) in [5, 5.41) is 3.67. The Morgan fingerprint density at radius 3 is 2.60 bits per heavy atom. The average molecular weight is 511 g/mol. The number of aryl methyl sites for hydroxylation is 1. The molecule has 0 unspecified atom stereocenters. The number of hydrogen-bond donors (Lipinski definition) is 1. The monoisotopic (exact) mass is 510 g/mol. The molecule has 10 heteroatoms. The highest BCUT2D eigenvalue weighted by molar-refractivity contribution is 9.11. The van der Waals surface area contributed by atoms with E-state index in [2.05, 4.69) is 21.2 Å². The van der Waals surface area contributed by atoms with Crippen LogP contribution in [0.4, 0.5) is 5.69 Å². The quantitative estimate of drug-likeness (QED) is 0.535. The maximum absolute atomic E-state index is 12.7. The predicted molar refractivity (Wildman–Crippen MR) is 119 cm³/mol. The first kappa shape index (κ1) is 21.2. The van der Waals surface area contributed by atoms with E-state index in [-0.39, 0.29) is 11.8 Å². The highest BCUT2D eigenvalue weighted by Gasteiger charge is 2.33. The molecule has 0 aliphatic carbocycles. The summed E-state index contributed by atoms with van der Waals surface area (Å²) in [6, 6.07) is 9.93. The van der Waals surface area contributed by atoms with Gasteiger partial charge in [0.15, 0.2) is 0 Å². The summed E-state index contributed by atoms with van der Waals surface area (Å²) in [7, 11) is -3.53. The summed E-state index contributed by atoms with van der Waals surface area (Å²) < 4.78 is 33.2. The first-order valence-corrected chi connectivity index (χ1v) is 12.4. The van der Waals surface area contributed by atoms with Crippen LogP contribution in [0, 0.1) is 12.8 Å². The second-order valence-corrected chi connectivity index (χ2v) is 11.8. The summed E-state index contributed by atoms with van der Waals surface area (Å²) in [5.74, 6) is -0.452. The van der Waals surface area contributed by atoms with Crippen LogP contribution in [0.3, 0.4) is 0 Å². The normalized spacial score (nSPS) is 16.1. The second-order valence-electron chi connectivity index (χ2n) is 7.19. The SMILES string of the molecule is Cc1cc(=O)oc2cc(NC(=O)C3CCN(S(=O)(=O)c4ccc(Br)s4)CC3)ccc12. The molecule has 2 aromatic heterocycles. The number of halogens is 1. The lowest BCUT2D eigenvalue weighted by molar-refractivity contribution is -0.120. The molecule has 1 aliphatic rings. The van der Waals surface area contributed by atoms with Gasteiger partial charge in [0, 0.05) is 42.2 Å². The molecule has 1 aliphatic heterocycles. The van der Waals surface area contributed by atoms with Crippen molar-refractivity contribution in [3.05, 3.63) is 56.2 Å². The Morgan fingerprint density at radius 2 is 1.93 bits per heavy atom. The molecule has 3 heterocycles. The van der Waals surface area contributed by atoms with E-state index in [1.165, 1.54) is 21.7 Å². The molecule has 7 nitrogen and oxygen atoms in total. The average Bonchev–Trinajstić information content (AvgIpc) is 3.15. The maximum Gasteiger partial charge on any atom is 0.336 e. The molecule has 0 radical (unpaired) electrons. The van der Waals surface area contributed by atoms with Gasteiger partial charge in [0.05, 0.1) is 3.79 Å². The fourth-order valence-corrected chi connectivity index (χ4v) is 7.20. The van der Waals surface area contributed by atoms with Gasteiger partial charge in [-0.05, 0) is 65.5 Å². The van der Waals surface area contributed by atoms with Gasteiger partial charge < -0.3 is 9.73 Å². The number of benzene rings is 1. The maximum atomic E-state index is 12.7. The highest BCUT2D eigenvalue weighted by atomic mass is 79.9. The van der Waals surface area contributed by atoms with Gasteiger partial charge in [-0.25, -0.2) is 13.2 Å². The van der Waals surface area contributed by atoms with Gasteiger partial charge in [-0.2, -0.15) is 4.31 Å². The number of carbonyl (C=O) groups is 1. The van der Waals surface area contributed by atoms with Gasteiger partial charge in [-0.3, -0.25) is 4.79 Å². The van der Waals surface area contributed by atoms with Gasteiger partial charge in [0.1, 0.15) is 9.79 Å². The molecule has 30 heavy (non-hydrogen) atoms. The van der Waals surface area contributed by atoms with Crippen molar-refractivity contribution >= 4 is 59.9 Å². The third kappa shape index (κ3) is 4.22. The minimum atomic E-state index is -3.53. The van der Waals surface area contributed by atoms with Crippen molar-refractivity contribution in [2.75, 3.05) is 18.4 Å². The molecule has 0 spiro atoms. The van der Waals surface area contributed by atoms with Crippen LogP contribution in [-0.4, -0.2) is 31.7 Å². The number of nitrogens with one attached hydrogen (secondary N) is 1.